The van der Waals surface area contributed by atoms with Crippen LogP contribution in [-0.2, 0) is 23.9 Å². The predicted molar refractivity (Wildman–Crippen MR) is 118 cm³/mol. The second-order valence-corrected chi connectivity index (χ2v) is 9.23. The van der Waals surface area contributed by atoms with Crippen LogP contribution in [0.4, 0.5) is 0 Å². The van der Waals surface area contributed by atoms with Gasteiger partial charge in [0.05, 0.1) is 11.5 Å². The molecule has 2 unspecified atom stereocenters. The van der Waals surface area contributed by atoms with E-state index in [1.165, 1.54) is 11.0 Å². The zero-order valence-electron chi connectivity index (χ0n) is 19.4. The molecule has 3 heterocycles. The number of ether oxygens (including phenoxy) is 2. The van der Waals surface area contributed by atoms with Crippen LogP contribution in [0, 0.1) is 11.8 Å². The quantitative estimate of drug-likeness (QED) is 0.382. The largest absolute Gasteiger partial charge is 0.461 e. The average molecular weight is 449 g/mol. The first-order chi connectivity index (χ1) is 15.2. The topological polar surface area (TPSA) is 96.4 Å². The Bertz CT molecular complexity index is 782. The molecule has 3 fully saturated rings. The molecule has 0 aliphatic carbocycles. The van der Waals surface area contributed by atoms with E-state index in [0.717, 1.165) is 0 Å². The van der Waals surface area contributed by atoms with Crippen molar-refractivity contribution in [3.8, 4) is 0 Å². The van der Waals surface area contributed by atoms with E-state index in [0.29, 0.717) is 32.2 Å². The van der Waals surface area contributed by atoms with E-state index in [-0.39, 0.29) is 37.6 Å². The second-order valence-electron chi connectivity index (χ2n) is 9.23. The summed E-state index contributed by atoms with van der Waals surface area (Å²) in [6.07, 6.45) is 5.15. The minimum Gasteiger partial charge on any atom is -0.461 e. The molecule has 2 amide bonds. The standard InChI is InChI=1S/C24H36N2O6/c1-6-12-25(16(4)5)21(29)19-24-11-10-23(8-3,32-24)18(22(30)31-15-7-2)17(24)20(28)26(19)13-9-14-27/h6-7,16-19,27H,1-2,8-15H2,3-5H3/t17-,18+,19?,23-,24?/m0/s1. The summed E-state index contributed by atoms with van der Waals surface area (Å²) in [5.41, 5.74) is -1.90. The fraction of sp³-hybridized carbons (Fsp3) is 0.708. The summed E-state index contributed by atoms with van der Waals surface area (Å²) in [6, 6.07) is -0.947. The number of hydrogen-bond donors (Lipinski definition) is 1. The van der Waals surface area contributed by atoms with Crippen molar-refractivity contribution in [1.29, 1.82) is 0 Å². The van der Waals surface area contributed by atoms with Gasteiger partial charge in [-0.3, -0.25) is 14.4 Å². The zero-order valence-corrected chi connectivity index (χ0v) is 19.4. The van der Waals surface area contributed by atoms with Gasteiger partial charge in [0.25, 0.3) is 0 Å². The fourth-order valence-corrected chi connectivity index (χ4v) is 5.92. The lowest BCUT2D eigenvalue weighted by Gasteiger charge is -2.38. The molecule has 3 aliphatic heterocycles. The van der Waals surface area contributed by atoms with E-state index in [2.05, 4.69) is 13.2 Å². The lowest BCUT2D eigenvalue weighted by molar-refractivity contribution is -0.161. The number of carbonyl (C=O) groups excluding carboxylic acids is 3. The van der Waals surface area contributed by atoms with E-state index in [4.69, 9.17) is 9.47 Å². The Kier molecular flexibility index (Phi) is 7.15. The van der Waals surface area contributed by atoms with Crippen molar-refractivity contribution >= 4 is 17.8 Å². The Morgan fingerprint density at radius 2 is 2.06 bits per heavy atom. The first kappa shape index (κ1) is 24.5. The number of carbonyl (C=O) groups is 3. The monoisotopic (exact) mass is 448 g/mol. The Labute approximate surface area is 190 Å². The number of aliphatic hydroxyl groups is 1. The third-order valence-corrected chi connectivity index (χ3v) is 7.30. The Hall–Kier alpha value is -2.19. The number of amides is 2. The van der Waals surface area contributed by atoms with Gasteiger partial charge in [-0.1, -0.05) is 25.7 Å². The molecule has 5 atom stereocenters. The summed E-state index contributed by atoms with van der Waals surface area (Å²) < 4.78 is 12.0. The van der Waals surface area contributed by atoms with Crippen LogP contribution in [-0.4, -0.2) is 82.3 Å². The third kappa shape index (κ3) is 3.57. The van der Waals surface area contributed by atoms with Gasteiger partial charge in [-0.15, -0.1) is 6.58 Å². The summed E-state index contributed by atoms with van der Waals surface area (Å²) in [7, 11) is 0. The lowest BCUT2D eigenvalue weighted by atomic mass is 9.65. The third-order valence-electron chi connectivity index (χ3n) is 7.30. The van der Waals surface area contributed by atoms with E-state index in [1.807, 2.05) is 20.8 Å². The normalized spacial score (nSPS) is 32.8. The Morgan fingerprint density at radius 3 is 2.62 bits per heavy atom. The zero-order chi connectivity index (χ0) is 23.7. The molecule has 1 N–H and O–H groups in total. The van der Waals surface area contributed by atoms with Gasteiger partial charge < -0.3 is 24.4 Å². The molecule has 0 radical (unpaired) electrons. The lowest BCUT2D eigenvalue weighted by Crippen LogP contribution is -2.57. The van der Waals surface area contributed by atoms with Crippen molar-refractivity contribution in [2.24, 2.45) is 11.8 Å². The van der Waals surface area contributed by atoms with Crippen LogP contribution in [0.15, 0.2) is 25.3 Å². The van der Waals surface area contributed by atoms with Crippen molar-refractivity contribution < 1.29 is 29.0 Å². The first-order valence-corrected chi connectivity index (χ1v) is 11.5. The molecule has 8 nitrogen and oxygen atoms in total. The number of esters is 1. The molecule has 3 saturated heterocycles. The van der Waals surface area contributed by atoms with Gasteiger partial charge in [-0.2, -0.15) is 0 Å². The molecule has 0 saturated carbocycles. The molecular weight excluding hydrogens is 412 g/mol. The first-order valence-electron chi connectivity index (χ1n) is 11.5. The van der Waals surface area contributed by atoms with Crippen LogP contribution in [0.5, 0.6) is 0 Å². The molecule has 3 aliphatic rings. The van der Waals surface area contributed by atoms with E-state index in [1.54, 1.807) is 11.0 Å². The predicted octanol–water partition coefficient (Wildman–Crippen LogP) is 1.68. The van der Waals surface area contributed by atoms with Crippen LogP contribution in [0.25, 0.3) is 0 Å². The number of fused-ring (bicyclic) bond motifs is 1. The molecule has 32 heavy (non-hydrogen) atoms. The van der Waals surface area contributed by atoms with Crippen LogP contribution < -0.4 is 0 Å². The smallest absolute Gasteiger partial charge is 0.313 e. The van der Waals surface area contributed by atoms with Crippen LogP contribution in [0.1, 0.15) is 46.5 Å². The van der Waals surface area contributed by atoms with Crippen LogP contribution in [0.2, 0.25) is 0 Å². The van der Waals surface area contributed by atoms with Gasteiger partial charge in [0, 0.05) is 25.7 Å². The SMILES string of the molecule is C=CCOC(=O)[C@H]1[C@H]2C(=O)N(CCCO)C(C(=O)N(CC=C)C(C)C)C23CC[C@]1(CC)O3. The molecule has 0 aromatic carbocycles. The molecule has 0 aromatic rings. The minimum absolute atomic E-state index is 0.0556. The van der Waals surface area contributed by atoms with Crippen LogP contribution >= 0.6 is 0 Å². The number of rotatable bonds is 11. The van der Waals surface area contributed by atoms with Crippen molar-refractivity contribution in [1.82, 2.24) is 9.80 Å². The molecule has 0 aromatic heterocycles. The van der Waals surface area contributed by atoms with E-state index >= 15 is 0 Å². The van der Waals surface area contributed by atoms with Crippen molar-refractivity contribution in [3.05, 3.63) is 25.3 Å². The molecule has 178 valence electrons. The highest BCUT2D eigenvalue weighted by atomic mass is 16.6. The van der Waals surface area contributed by atoms with E-state index < -0.39 is 35.0 Å². The minimum atomic E-state index is -1.08. The molecular formula is C24H36N2O6. The van der Waals surface area contributed by atoms with Gasteiger partial charge in [0.1, 0.15) is 24.2 Å². The maximum atomic E-state index is 13.9. The maximum absolute atomic E-state index is 13.9. The summed E-state index contributed by atoms with van der Waals surface area (Å²) in [4.78, 5) is 43.9. The molecule has 8 heteroatoms. The Balaban J connectivity index is 2.08. The molecule has 3 rings (SSSR count). The summed E-state index contributed by atoms with van der Waals surface area (Å²) in [5, 5.41) is 9.41. The van der Waals surface area contributed by atoms with Crippen molar-refractivity contribution in [3.63, 3.8) is 0 Å². The number of nitrogens with zero attached hydrogens (tertiary/aromatic N) is 2. The van der Waals surface area contributed by atoms with Gasteiger partial charge in [0.15, 0.2) is 0 Å². The van der Waals surface area contributed by atoms with Crippen molar-refractivity contribution in [2.45, 2.75) is 69.7 Å². The maximum Gasteiger partial charge on any atom is 0.313 e. The molecule has 1 spiro atoms. The van der Waals surface area contributed by atoms with Gasteiger partial charge >= 0.3 is 5.97 Å². The highest BCUT2D eigenvalue weighted by Gasteiger charge is 2.79. The highest BCUT2D eigenvalue weighted by Crippen LogP contribution is 2.64. The van der Waals surface area contributed by atoms with Gasteiger partial charge in [-0.25, -0.2) is 0 Å². The highest BCUT2D eigenvalue weighted by molar-refractivity contribution is 5.98. The fourth-order valence-electron chi connectivity index (χ4n) is 5.92. The summed E-state index contributed by atoms with van der Waals surface area (Å²) in [6.45, 7) is 13.7. The van der Waals surface area contributed by atoms with Gasteiger partial charge in [-0.05, 0) is 39.5 Å². The van der Waals surface area contributed by atoms with E-state index in [9.17, 15) is 19.5 Å². The summed E-state index contributed by atoms with van der Waals surface area (Å²) in [5.74, 6) is -2.50. The summed E-state index contributed by atoms with van der Waals surface area (Å²) >= 11 is 0. The second kappa shape index (κ2) is 9.35. The number of hydrogen-bond acceptors (Lipinski definition) is 6. The van der Waals surface area contributed by atoms with Gasteiger partial charge in [0.2, 0.25) is 11.8 Å². The van der Waals surface area contributed by atoms with Crippen LogP contribution in [0.3, 0.4) is 0 Å². The molecule has 2 bridgehead atoms. The van der Waals surface area contributed by atoms with Crippen molar-refractivity contribution in [2.75, 3.05) is 26.3 Å². The Morgan fingerprint density at radius 1 is 1.34 bits per heavy atom. The average Bonchev–Trinajstić information content (AvgIpc) is 3.37. The number of likely N-dealkylation sites (tertiary alicyclic amines) is 1. The number of aliphatic hydroxyl groups excluding tert-OH is 1.